The fourth-order valence-electron chi connectivity index (χ4n) is 1.49. The standard InChI is InChI=1S/C12H17FN2S/c1-15(8-3-2-7-12(14)16)11-6-4-5-10(13)9-11/h4-6,9H,2-3,7-8H2,1H3,(H2,14,16). The van der Waals surface area contributed by atoms with E-state index in [-0.39, 0.29) is 5.82 Å². The quantitative estimate of drug-likeness (QED) is 0.612. The molecule has 0 bridgehead atoms. The summed E-state index contributed by atoms with van der Waals surface area (Å²) < 4.78 is 13.0. The monoisotopic (exact) mass is 240 g/mol. The third kappa shape index (κ3) is 4.57. The summed E-state index contributed by atoms with van der Waals surface area (Å²) >= 11 is 4.80. The number of nitrogens with two attached hydrogens (primary N) is 1. The number of nitrogens with zero attached hydrogens (tertiary/aromatic N) is 1. The lowest BCUT2D eigenvalue weighted by Gasteiger charge is -2.19. The zero-order valence-corrected chi connectivity index (χ0v) is 10.3. The van der Waals surface area contributed by atoms with Gasteiger partial charge < -0.3 is 10.6 Å². The van der Waals surface area contributed by atoms with E-state index in [1.165, 1.54) is 12.1 Å². The van der Waals surface area contributed by atoms with Gasteiger partial charge in [0.1, 0.15) is 5.82 Å². The number of benzene rings is 1. The summed E-state index contributed by atoms with van der Waals surface area (Å²) in [5.74, 6) is -0.201. The van der Waals surface area contributed by atoms with E-state index in [2.05, 4.69) is 0 Å². The SMILES string of the molecule is CN(CCCCC(N)=S)c1cccc(F)c1. The van der Waals surface area contributed by atoms with Gasteiger partial charge in [-0.3, -0.25) is 0 Å². The second kappa shape index (κ2) is 6.43. The Morgan fingerprint density at radius 2 is 2.19 bits per heavy atom. The van der Waals surface area contributed by atoms with Crippen molar-refractivity contribution >= 4 is 22.9 Å². The highest BCUT2D eigenvalue weighted by Gasteiger charge is 2.01. The predicted octanol–water partition coefficient (Wildman–Crippen LogP) is 2.72. The second-order valence-electron chi connectivity index (χ2n) is 3.82. The van der Waals surface area contributed by atoms with Crippen LogP contribution in [0.25, 0.3) is 0 Å². The van der Waals surface area contributed by atoms with E-state index >= 15 is 0 Å². The van der Waals surface area contributed by atoms with Gasteiger partial charge in [-0.05, 0) is 37.5 Å². The third-order valence-electron chi connectivity index (χ3n) is 2.42. The molecule has 4 heteroatoms. The molecule has 0 heterocycles. The number of rotatable bonds is 6. The molecule has 88 valence electrons. The van der Waals surface area contributed by atoms with Crippen LogP contribution >= 0.6 is 12.2 Å². The number of hydrogen-bond acceptors (Lipinski definition) is 2. The van der Waals surface area contributed by atoms with E-state index in [9.17, 15) is 4.39 Å². The van der Waals surface area contributed by atoms with Gasteiger partial charge in [0, 0.05) is 19.3 Å². The van der Waals surface area contributed by atoms with Crippen LogP contribution in [-0.2, 0) is 0 Å². The van der Waals surface area contributed by atoms with Crippen LogP contribution in [0.3, 0.4) is 0 Å². The van der Waals surface area contributed by atoms with Gasteiger partial charge in [-0.25, -0.2) is 4.39 Å². The highest BCUT2D eigenvalue weighted by Crippen LogP contribution is 2.14. The van der Waals surface area contributed by atoms with E-state index in [0.29, 0.717) is 4.99 Å². The molecule has 1 rings (SSSR count). The van der Waals surface area contributed by atoms with Crippen LogP contribution in [0, 0.1) is 5.82 Å². The molecule has 0 unspecified atom stereocenters. The molecule has 0 saturated heterocycles. The number of thiocarbonyl (C=S) groups is 1. The molecule has 2 N–H and O–H groups in total. The molecule has 0 radical (unpaired) electrons. The van der Waals surface area contributed by atoms with Gasteiger partial charge in [0.15, 0.2) is 0 Å². The van der Waals surface area contributed by atoms with Crippen molar-refractivity contribution < 1.29 is 4.39 Å². The van der Waals surface area contributed by atoms with Gasteiger partial charge >= 0.3 is 0 Å². The predicted molar refractivity (Wildman–Crippen MR) is 70.3 cm³/mol. The Hall–Kier alpha value is -1.16. The second-order valence-corrected chi connectivity index (χ2v) is 4.35. The molecule has 0 aromatic heterocycles. The van der Waals surface area contributed by atoms with Crippen molar-refractivity contribution in [2.24, 2.45) is 5.73 Å². The summed E-state index contributed by atoms with van der Waals surface area (Å²) in [5.41, 5.74) is 6.31. The van der Waals surface area contributed by atoms with Crippen molar-refractivity contribution in [1.29, 1.82) is 0 Å². The van der Waals surface area contributed by atoms with Gasteiger partial charge in [-0.2, -0.15) is 0 Å². The first-order valence-corrected chi connectivity index (χ1v) is 5.75. The number of hydrogen-bond donors (Lipinski definition) is 1. The first-order valence-electron chi connectivity index (χ1n) is 5.34. The molecule has 1 aromatic carbocycles. The third-order valence-corrected chi connectivity index (χ3v) is 2.62. The Morgan fingerprint density at radius 1 is 1.44 bits per heavy atom. The van der Waals surface area contributed by atoms with Crippen molar-refractivity contribution in [3.63, 3.8) is 0 Å². The largest absolute Gasteiger partial charge is 0.393 e. The van der Waals surface area contributed by atoms with E-state index in [1.807, 2.05) is 18.0 Å². The van der Waals surface area contributed by atoms with Crippen LogP contribution in [0.2, 0.25) is 0 Å². The summed E-state index contributed by atoms with van der Waals surface area (Å²) in [6.45, 7) is 0.881. The van der Waals surface area contributed by atoms with Crippen molar-refractivity contribution in [3.05, 3.63) is 30.1 Å². The number of halogens is 1. The molecule has 0 fully saturated rings. The first kappa shape index (κ1) is 12.9. The van der Waals surface area contributed by atoms with Crippen molar-refractivity contribution in [2.45, 2.75) is 19.3 Å². The zero-order chi connectivity index (χ0) is 12.0. The molecule has 0 aliphatic carbocycles. The Balaban J connectivity index is 2.35. The van der Waals surface area contributed by atoms with E-state index < -0.39 is 0 Å². The fourth-order valence-corrected chi connectivity index (χ4v) is 1.64. The molecule has 0 saturated carbocycles. The maximum atomic E-state index is 13.0. The molecule has 0 atom stereocenters. The van der Waals surface area contributed by atoms with Crippen LogP contribution in [0.4, 0.5) is 10.1 Å². The minimum atomic E-state index is -0.201. The first-order chi connectivity index (χ1) is 7.59. The minimum absolute atomic E-state index is 0.201. The average molecular weight is 240 g/mol. The maximum Gasteiger partial charge on any atom is 0.125 e. The molecule has 0 amide bonds. The van der Waals surface area contributed by atoms with Gasteiger partial charge in [0.05, 0.1) is 4.99 Å². The molecule has 1 aromatic rings. The zero-order valence-electron chi connectivity index (χ0n) is 9.45. The Labute approximate surface area is 101 Å². The summed E-state index contributed by atoms with van der Waals surface area (Å²) in [5, 5.41) is 0. The van der Waals surface area contributed by atoms with Crippen LogP contribution < -0.4 is 10.6 Å². The van der Waals surface area contributed by atoms with E-state index in [1.54, 1.807) is 6.07 Å². The molecular weight excluding hydrogens is 223 g/mol. The Bertz CT molecular complexity index is 355. The van der Waals surface area contributed by atoms with Crippen molar-refractivity contribution in [1.82, 2.24) is 0 Å². The molecule has 16 heavy (non-hydrogen) atoms. The van der Waals surface area contributed by atoms with Gasteiger partial charge in [-0.1, -0.05) is 18.3 Å². The van der Waals surface area contributed by atoms with E-state index in [0.717, 1.165) is 31.5 Å². The Kier molecular flexibility index (Phi) is 5.19. The average Bonchev–Trinajstić information content (AvgIpc) is 2.24. The van der Waals surface area contributed by atoms with Gasteiger partial charge in [0.2, 0.25) is 0 Å². The highest BCUT2D eigenvalue weighted by atomic mass is 32.1. The van der Waals surface area contributed by atoms with Crippen LogP contribution in [0.1, 0.15) is 19.3 Å². The smallest absolute Gasteiger partial charge is 0.125 e. The summed E-state index contributed by atoms with van der Waals surface area (Å²) in [6, 6.07) is 6.60. The summed E-state index contributed by atoms with van der Waals surface area (Å²) in [6.07, 6.45) is 2.77. The topological polar surface area (TPSA) is 29.3 Å². The highest BCUT2D eigenvalue weighted by molar-refractivity contribution is 7.80. The number of unbranched alkanes of at least 4 members (excludes halogenated alkanes) is 1. The molecule has 2 nitrogen and oxygen atoms in total. The lowest BCUT2D eigenvalue weighted by atomic mass is 10.2. The van der Waals surface area contributed by atoms with Crippen molar-refractivity contribution in [3.8, 4) is 0 Å². The maximum absolute atomic E-state index is 13.0. The summed E-state index contributed by atoms with van der Waals surface area (Å²) in [7, 11) is 1.95. The normalized spacial score (nSPS) is 10.1. The van der Waals surface area contributed by atoms with Gasteiger partial charge in [0.25, 0.3) is 0 Å². The van der Waals surface area contributed by atoms with Gasteiger partial charge in [-0.15, -0.1) is 0 Å². The molecule has 0 aliphatic heterocycles. The van der Waals surface area contributed by atoms with E-state index in [4.69, 9.17) is 18.0 Å². The minimum Gasteiger partial charge on any atom is -0.393 e. The lowest BCUT2D eigenvalue weighted by molar-refractivity contribution is 0.626. The number of anilines is 1. The van der Waals surface area contributed by atoms with Crippen LogP contribution in [-0.4, -0.2) is 18.6 Å². The fraction of sp³-hybridized carbons (Fsp3) is 0.417. The van der Waals surface area contributed by atoms with Crippen LogP contribution in [0.5, 0.6) is 0 Å². The molecule has 0 aliphatic rings. The van der Waals surface area contributed by atoms with Crippen molar-refractivity contribution in [2.75, 3.05) is 18.5 Å². The molecule has 0 spiro atoms. The summed E-state index contributed by atoms with van der Waals surface area (Å²) in [4.78, 5) is 2.59. The Morgan fingerprint density at radius 3 is 2.81 bits per heavy atom. The molecular formula is C12H17FN2S. The van der Waals surface area contributed by atoms with Crippen LogP contribution in [0.15, 0.2) is 24.3 Å². The lowest BCUT2D eigenvalue weighted by Crippen LogP contribution is -2.19.